The first-order valence-electron chi connectivity index (χ1n) is 9.63. The minimum atomic E-state index is -0.493. The third-order valence-electron chi connectivity index (χ3n) is 3.75. The van der Waals surface area contributed by atoms with Gasteiger partial charge in [0.05, 0.1) is 13.2 Å². The van der Waals surface area contributed by atoms with Crippen molar-refractivity contribution in [2.75, 3.05) is 13.7 Å². The molecule has 0 saturated heterocycles. The molecule has 6 heteroatoms. The van der Waals surface area contributed by atoms with Crippen LogP contribution in [0.1, 0.15) is 67.7 Å². The number of ether oxygens (including phenoxy) is 1. The molecule has 0 aliphatic carbocycles. The Labute approximate surface area is 159 Å². The smallest absolute Gasteiger partial charge is 0.322 e. The van der Waals surface area contributed by atoms with Crippen molar-refractivity contribution < 1.29 is 14.3 Å². The second kappa shape index (κ2) is 12.0. The molecule has 0 rings (SSSR count). The van der Waals surface area contributed by atoms with E-state index in [1.54, 1.807) is 0 Å². The molecule has 6 nitrogen and oxygen atoms in total. The Bertz CT molecular complexity index is 454. The summed E-state index contributed by atoms with van der Waals surface area (Å²) < 4.78 is 4.92. The van der Waals surface area contributed by atoms with Gasteiger partial charge in [-0.25, -0.2) is 0 Å². The van der Waals surface area contributed by atoms with Gasteiger partial charge in [-0.15, -0.1) is 0 Å². The van der Waals surface area contributed by atoms with E-state index in [4.69, 9.17) is 4.74 Å². The van der Waals surface area contributed by atoms with Crippen LogP contribution in [0.2, 0.25) is 0 Å². The van der Waals surface area contributed by atoms with E-state index in [2.05, 4.69) is 29.5 Å². The van der Waals surface area contributed by atoms with Gasteiger partial charge in [0, 0.05) is 18.3 Å². The molecule has 1 amide bonds. The van der Waals surface area contributed by atoms with Crippen LogP contribution in [0, 0.1) is 11.8 Å². The van der Waals surface area contributed by atoms with Crippen molar-refractivity contribution in [3.8, 4) is 0 Å². The van der Waals surface area contributed by atoms with E-state index < -0.39 is 12.1 Å². The van der Waals surface area contributed by atoms with Gasteiger partial charge in [0.15, 0.2) is 0 Å². The molecule has 0 aromatic heterocycles. The SMILES string of the molecule is COC(=O)[C@H](CCCCN=CC(C)C)NC(C(=O)NC(C)(C)C)C(C)C. The Morgan fingerprint density at radius 3 is 2.19 bits per heavy atom. The summed E-state index contributed by atoms with van der Waals surface area (Å²) in [4.78, 5) is 29.1. The number of aliphatic imine (C=N–C) groups is 1. The lowest BCUT2D eigenvalue weighted by atomic mass is 9.99. The summed E-state index contributed by atoms with van der Waals surface area (Å²) in [5.74, 6) is 0.0839. The lowest BCUT2D eigenvalue weighted by molar-refractivity contribution is -0.144. The number of unbranched alkanes of at least 4 members (excludes halogenated alkanes) is 1. The summed E-state index contributed by atoms with van der Waals surface area (Å²) in [5, 5.41) is 6.20. The molecule has 0 bridgehead atoms. The highest BCUT2D eigenvalue weighted by atomic mass is 16.5. The molecular formula is C20H39N3O3. The number of carbonyl (C=O) groups is 2. The Balaban J connectivity index is 4.78. The van der Waals surface area contributed by atoms with E-state index >= 15 is 0 Å². The molecule has 0 aromatic rings. The van der Waals surface area contributed by atoms with Gasteiger partial charge in [0.1, 0.15) is 6.04 Å². The van der Waals surface area contributed by atoms with E-state index in [-0.39, 0.29) is 23.3 Å². The summed E-state index contributed by atoms with van der Waals surface area (Å²) in [7, 11) is 1.38. The van der Waals surface area contributed by atoms with E-state index in [9.17, 15) is 9.59 Å². The first-order chi connectivity index (χ1) is 12.0. The maximum absolute atomic E-state index is 12.6. The zero-order chi connectivity index (χ0) is 20.3. The highest BCUT2D eigenvalue weighted by Gasteiger charge is 2.30. The van der Waals surface area contributed by atoms with Crippen LogP contribution < -0.4 is 10.6 Å². The second-order valence-electron chi connectivity index (χ2n) is 8.50. The number of hydrogen-bond donors (Lipinski definition) is 2. The highest BCUT2D eigenvalue weighted by molar-refractivity contribution is 5.84. The van der Waals surface area contributed by atoms with Crippen molar-refractivity contribution in [3.63, 3.8) is 0 Å². The Morgan fingerprint density at radius 2 is 1.73 bits per heavy atom. The molecule has 0 heterocycles. The van der Waals surface area contributed by atoms with Crippen molar-refractivity contribution in [2.24, 2.45) is 16.8 Å². The Hall–Kier alpha value is -1.43. The van der Waals surface area contributed by atoms with E-state index in [0.29, 0.717) is 12.3 Å². The zero-order valence-corrected chi connectivity index (χ0v) is 17.9. The summed E-state index contributed by atoms with van der Waals surface area (Å²) in [6.45, 7) is 14.7. The molecule has 1 unspecified atom stereocenters. The molecule has 2 atom stereocenters. The average Bonchev–Trinajstić information content (AvgIpc) is 2.50. The van der Waals surface area contributed by atoms with Crippen LogP contribution in [0.3, 0.4) is 0 Å². The van der Waals surface area contributed by atoms with Gasteiger partial charge in [-0.3, -0.25) is 19.9 Å². The fourth-order valence-corrected chi connectivity index (χ4v) is 2.48. The van der Waals surface area contributed by atoms with Crippen LogP contribution in [0.4, 0.5) is 0 Å². The lowest BCUT2D eigenvalue weighted by Crippen LogP contribution is -2.56. The zero-order valence-electron chi connectivity index (χ0n) is 17.9. The van der Waals surface area contributed by atoms with Gasteiger partial charge < -0.3 is 10.1 Å². The van der Waals surface area contributed by atoms with Crippen LogP contribution in [0.5, 0.6) is 0 Å². The molecule has 152 valence electrons. The van der Waals surface area contributed by atoms with Crippen LogP contribution >= 0.6 is 0 Å². The Kier molecular flexibility index (Phi) is 11.4. The second-order valence-corrected chi connectivity index (χ2v) is 8.50. The van der Waals surface area contributed by atoms with Gasteiger partial charge >= 0.3 is 5.97 Å². The van der Waals surface area contributed by atoms with E-state index in [1.165, 1.54) is 7.11 Å². The maximum Gasteiger partial charge on any atom is 0.322 e. The predicted molar refractivity (Wildman–Crippen MR) is 108 cm³/mol. The summed E-state index contributed by atoms with van der Waals surface area (Å²) in [6.07, 6.45) is 4.31. The third kappa shape index (κ3) is 11.2. The molecule has 0 radical (unpaired) electrons. The van der Waals surface area contributed by atoms with Crippen LogP contribution in [0.15, 0.2) is 4.99 Å². The quantitative estimate of drug-likeness (QED) is 0.333. The number of rotatable bonds is 11. The largest absolute Gasteiger partial charge is 0.468 e. The number of methoxy groups -OCH3 is 1. The topological polar surface area (TPSA) is 79.8 Å². The summed E-state index contributed by atoms with van der Waals surface area (Å²) in [6, 6.07) is -0.940. The standard InChI is InChI=1S/C20H39N3O3/c1-14(2)13-21-12-10-9-11-16(19(25)26-8)22-17(15(3)4)18(24)23-20(5,6)7/h13-17,22H,9-12H2,1-8H3,(H,23,24)/t16-,17?/m0/s1. The molecule has 0 spiro atoms. The molecule has 0 saturated carbocycles. The molecule has 26 heavy (non-hydrogen) atoms. The summed E-state index contributed by atoms with van der Waals surface area (Å²) in [5.41, 5.74) is -0.318. The van der Waals surface area contributed by atoms with Gasteiger partial charge in [0.2, 0.25) is 5.91 Å². The van der Waals surface area contributed by atoms with Gasteiger partial charge in [0.25, 0.3) is 0 Å². The highest BCUT2D eigenvalue weighted by Crippen LogP contribution is 2.11. The average molecular weight is 370 g/mol. The Morgan fingerprint density at radius 1 is 1.12 bits per heavy atom. The molecule has 0 aliphatic heterocycles. The number of nitrogens with zero attached hydrogens (tertiary/aromatic N) is 1. The van der Waals surface area contributed by atoms with Crippen molar-refractivity contribution in [2.45, 2.75) is 85.4 Å². The lowest BCUT2D eigenvalue weighted by Gasteiger charge is -2.30. The van der Waals surface area contributed by atoms with Gasteiger partial charge in [-0.05, 0) is 51.9 Å². The van der Waals surface area contributed by atoms with Crippen molar-refractivity contribution in [1.82, 2.24) is 10.6 Å². The first kappa shape index (κ1) is 24.6. The number of esters is 1. The van der Waals surface area contributed by atoms with Crippen molar-refractivity contribution in [1.29, 1.82) is 0 Å². The maximum atomic E-state index is 12.6. The normalized spacial score (nSPS) is 14.7. The minimum Gasteiger partial charge on any atom is -0.468 e. The van der Waals surface area contributed by atoms with E-state index in [1.807, 2.05) is 40.8 Å². The van der Waals surface area contributed by atoms with E-state index in [0.717, 1.165) is 19.4 Å². The van der Waals surface area contributed by atoms with Crippen molar-refractivity contribution >= 4 is 18.1 Å². The molecule has 0 aliphatic rings. The minimum absolute atomic E-state index is 0.0557. The number of nitrogens with one attached hydrogen (secondary N) is 2. The number of carbonyl (C=O) groups excluding carboxylic acids is 2. The fraction of sp³-hybridized carbons (Fsp3) is 0.850. The van der Waals surface area contributed by atoms with Gasteiger partial charge in [-0.1, -0.05) is 27.7 Å². The van der Waals surface area contributed by atoms with Crippen molar-refractivity contribution in [3.05, 3.63) is 0 Å². The molecule has 0 fully saturated rings. The first-order valence-corrected chi connectivity index (χ1v) is 9.63. The predicted octanol–water partition coefficient (Wildman–Crippen LogP) is 2.95. The molecule has 0 aromatic carbocycles. The van der Waals surface area contributed by atoms with Crippen LogP contribution in [-0.4, -0.2) is 49.4 Å². The monoisotopic (exact) mass is 369 g/mol. The molecular weight excluding hydrogens is 330 g/mol. The number of hydrogen-bond acceptors (Lipinski definition) is 5. The molecule has 2 N–H and O–H groups in total. The van der Waals surface area contributed by atoms with Crippen LogP contribution in [0.25, 0.3) is 0 Å². The summed E-state index contributed by atoms with van der Waals surface area (Å²) >= 11 is 0. The third-order valence-corrected chi connectivity index (χ3v) is 3.75. The van der Waals surface area contributed by atoms with Gasteiger partial charge in [-0.2, -0.15) is 0 Å². The fourth-order valence-electron chi connectivity index (χ4n) is 2.48. The number of amides is 1. The van der Waals surface area contributed by atoms with Crippen LogP contribution in [-0.2, 0) is 14.3 Å².